The number of aliphatic carboxylic acids is 1. The number of carboxylic acid groups (broad SMARTS) is 1. The predicted octanol–water partition coefficient (Wildman–Crippen LogP) is 3.78. The maximum absolute atomic E-state index is 12.5. The lowest BCUT2D eigenvalue weighted by Crippen LogP contribution is -2.35. The Morgan fingerprint density at radius 1 is 1.00 bits per heavy atom. The maximum atomic E-state index is 12.5. The Hall–Kier alpha value is -2.07. The van der Waals surface area contributed by atoms with Crippen LogP contribution in [0.4, 0.5) is 0 Å². The van der Waals surface area contributed by atoms with E-state index >= 15 is 0 Å². The highest BCUT2D eigenvalue weighted by molar-refractivity contribution is 8.00. The minimum Gasteiger partial charge on any atom is -0.549 e. The molecule has 1 atom stereocenters. The zero-order valence-electron chi connectivity index (χ0n) is 15.0. The van der Waals surface area contributed by atoms with Crippen molar-refractivity contribution in [1.29, 1.82) is 0 Å². The van der Waals surface area contributed by atoms with E-state index in [0.717, 1.165) is 27.8 Å². The summed E-state index contributed by atoms with van der Waals surface area (Å²) in [5.41, 5.74) is 2.78. The van der Waals surface area contributed by atoms with Crippen molar-refractivity contribution in [1.82, 2.24) is 0 Å². The number of rotatable bonds is 6. The van der Waals surface area contributed by atoms with Crippen LogP contribution in [0.1, 0.15) is 48.7 Å². The van der Waals surface area contributed by atoms with Crippen molar-refractivity contribution in [3.8, 4) is 0 Å². The van der Waals surface area contributed by atoms with Gasteiger partial charge in [0.15, 0.2) is 5.78 Å². The molecule has 0 aliphatic rings. The molecule has 0 saturated carbocycles. The smallest absolute Gasteiger partial charge is 0.164 e. The average Bonchev–Trinajstić information content (AvgIpc) is 2.55. The Morgan fingerprint density at radius 2 is 1.56 bits per heavy atom. The third-order valence-electron chi connectivity index (χ3n) is 4.01. The first-order valence-corrected chi connectivity index (χ1v) is 9.13. The minimum absolute atomic E-state index is 0.0103. The Bertz CT molecular complexity index is 740. The lowest BCUT2D eigenvalue weighted by atomic mass is 9.86. The second-order valence-corrected chi connectivity index (χ2v) is 8.47. The molecule has 132 valence electrons. The van der Waals surface area contributed by atoms with Gasteiger partial charge in [0.05, 0.1) is 11.2 Å². The van der Waals surface area contributed by atoms with Gasteiger partial charge in [-0.2, -0.15) is 0 Å². The molecule has 0 fully saturated rings. The van der Waals surface area contributed by atoms with Crippen LogP contribution in [0, 0.1) is 6.92 Å². The van der Waals surface area contributed by atoms with Crippen molar-refractivity contribution in [3.63, 3.8) is 0 Å². The number of ketones is 1. The zero-order valence-corrected chi connectivity index (χ0v) is 15.9. The van der Waals surface area contributed by atoms with E-state index in [1.54, 1.807) is 12.1 Å². The number of carbonyl (C=O) groups is 2. The summed E-state index contributed by atoms with van der Waals surface area (Å²) in [6, 6.07) is 14.9. The van der Waals surface area contributed by atoms with Crippen molar-refractivity contribution in [3.05, 3.63) is 65.2 Å². The van der Waals surface area contributed by atoms with Crippen LogP contribution < -0.4 is 5.11 Å². The maximum Gasteiger partial charge on any atom is 0.164 e. The van der Waals surface area contributed by atoms with Gasteiger partial charge in [-0.1, -0.05) is 62.7 Å². The van der Waals surface area contributed by atoms with E-state index < -0.39 is 11.2 Å². The largest absolute Gasteiger partial charge is 0.549 e. The van der Waals surface area contributed by atoms with Crippen molar-refractivity contribution in [2.45, 2.75) is 49.7 Å². The van der Waals surface area contributed by atoms with Gasteiger partial charge in [0, 0.05) is 16.9 Å². The number of benzene rings is 2. The summed E-state index contributed by atoms with van der Waals surface area (Å²) in [7, 11) is 0. The van der Waals surface area contributed by atoms with Gasteiger partial charge in [0.25, 0.3) is 0 Å². The Balaban J connectivity index is 2.09. The van der Waals surface area contributed by atoms with Crippen LogP contribution in [-0.2, 0) is 10.2 Å². The molecule has 0 heterocycles. The van der Waals surface area contributed by atoms with E-state index in [-0.39, 0.29) is 17.6 Å². The van der Waals surface area contributed by atoms with Gasteiger partial charge in [-0.3, -0.25) is 4.79 Å². The molecular weight excluding hydrogens is 332 g/mol. The normalized spacial score (nSPS) is 12.6. The SMILES string of the molecule is Cc1ccc(S[C@@H](CC(=O)c2ccc(C(C)(C)C)cc2)C(=O)[O-])cc1. The molecule has 25 heavy (non-hydrogen) atoms. The highest BCUT2D eigenvalue weighted by Gasteiger charge is 2.19. The van der Waals surface area contributed by atoms with Crippen molar-refractivity contribution in [2.75, 3.05) is 0 Å². The second-order valence-electron chi connectivity index (χ2n) is 7.19. The van der Waals surface area contributed by atoms with Gasteiger partial charge in [0.2, 0.25) is 0 Å². The highest BCUT2D eigenvalue weighted by atomic mass is 32.2. The molecule has 0 radical (unpaired) electrons. The average molecular weight is 355 g/mol. The molecule has 0 unspecified atom stereocenters. The first-order valence-electron chi connectivity index (χ1n) is 8.25. The van der Waals surface area contributed by atoms with Gasteiger partial charge >= 0.3 is 0 Å². The molecule has 0 saturated heterocycles. The third-order valence-corrected chi connectivity index (χ3v) is 5.19. The molecule has 0 amide bonds. The molecule has 0 aliphatic carbocycles. The number of hydrogen-bond acceptors (Lipinski definition) is 4. The fraction of sp³-hybridized carbons (Fsp3) is 0.333. The van der Waals surface area contributed by atoms with Gasteiger partial charge in [-0.05, 0) is 30.0 Å². The molecule has 0 spiro atoms. The van der Waals surface area contributed by atoms with Gasteiger partial charge in [-0.25, -0.2) is 0 Å². The lowest BCUT2D eigenvalue weighted by Gasteiger charge is -2.20. The van der Waals surface area contributed by atoms with Gasteiger partial charge < -0.3 is 9.90 Å². The summed E-state index contributed by atoms with van der Waals surface area (Å²) in [5.74, 6) is -1.40. The number of Topliss-reactive ketones (excluding diaryl/α,β-unsaturated/α-hetero) is 1. The molecule has 0 N–H and O–H groups in total. The minimum atomic E-state index is -1.22. The molecule has 2 rings (SSSR count). The van der Waals surface area contributed by atoms with Crippen molar-refractivity contribution in [2.24, 2.45) is 0 Å². The van der Waals surface area contributed by atoms with Crippen LogP contribution in [0.25, 0.3) is 0 Å². The van der Waals surface area contributed by atoms with Crippen molar-refractivity contribution < 1.29 is 14.7 Å². The second kappa shape index (κ2) is 7.87. The fourth-order valence-electron chi connectivity index (χ4n) is 2.40. The predicted molar refractivity (Wildman–Crippen MR) is 99.9 cm³/mol. The summed E-state index contributed by atoms with van der Waals surface area (Å²) >= 11 is 1.15. The van der Waals surface area contributed by atoms with Gasteiger partial charge in [-0.15, -0.1) is 11.8 Å². The molecule has 3 nitrogen and oxygen atoms in total. The van der Waals surface area contributed by atoms with E-state index in [1.807, 2.05) is 43.3 Å². The van der Waals surface area contributed by atoms with Crippen LogP contribution in [0.5, 0.6) is 0 Å². The Kier molecular flexibility index (Phi) is 6.07. The summed E-state index contributed by atoms with van der Waals surface area (Å²) in [6.45, 7) is 8.28. The van der Waals surface area contributed by atoms with E-state index in [4.69, 9.17) is 0 Å². The van der Waals surface area contributed by atoms with Gasteiger partial charge in [0.1, 0.15) is 0 Å². The zero-order chi connectivity index (χ0) is 18.6. The topological polar surface area (TPSA) is 57.2 Å². The number of aryl methyl sites for hydroxylation is 1. The van der Waals surface area contributed by atoms with E-state index in [2.05, 4.69) is 20.8 Å². The lowest BCUT2D eigenvalue weighted by molar-refractivity contribution is -0.304. The molecule has 0 bridgehead atoms. The quantitative estimate of drug-likeness (QED) is 0.584. The number of carbonyl (C=O) groups excluding carboxylic acids is 2. The van der Waals surface area contributed by atoms with E-state index in [9.17, 15) is 14.7 Å². The Labute approximate surface area is 153 Å². The summed E-state index contributed by atoms with van der Waals surface area (Å²) in [5, 5.41) is 10.5. The summed E-state index contributed by atoms with van der Waals surface area (Å²) < 4.78 is 0. The van der Waals surface area contributed by atoms with Crippen LogP contribution in [0.3, 0.4) is 0 Å². The van der Waals surface area contributed by atoms with Crippen LogP contribution >= 0.6 is 11.8 Å². The molecule has 4 heteroatoms. The summed E-state index contributed by atoms with van der Waals surface area (Å²) in [4.78, 5) is 24.7. The van der Waals surface area contributed by atoms with E-state index in [1.165, 1.54) is 0 Å². The van der Waals surface area contributed by atoms with Crippen molar-refractivity contribution >= 4 is 23.5 Å². The molecule has 2 aromatic carbocycles. The van der Waals surface area contributed by atoms with E-state index in [0.29, 0.717) is 5.56 Å². The third kappa shape index (κ3) is 5.46. The van der Waals surface area contributed by atoms with Crippen LogP contribution in [0.15, 0.2) is 53.4 Å². The standard InChI is InChI=1S/C21H24O3S/c1-14-5-11-17(12-6-14)25-19(20(23)24)13-18(22)15-7-9-16(10-8-15)21(2,3)4/h5-12,19H,13H2,1-4H3,(H,23,24)/p-1/t19-/m0/s1. The van der Waals surface area contributed by atoms with Crippen LogP contribution in [0.2, 0.25) is 0 Å². The number of hydrogen-bond donors (Lipinski definition) is 0. The Morgan fingerprint density at radius 3 is 2.04 bits per heavy atom. The molecular formula is C21H23O3S-. The first kappa shape index (κ1) is 19.3. The molecule has 2 aromatic rings. The number of carboxylic acids is 1. The number of thioether (sulfide) groups is 1. The monoisotopic (exact) mass is 355 g/mol. The highest BCUT2D eigenvalue weighted by Crippen LogP contribution is 2.27. The first-order chi connectivity index (χ1) is 11.7. The molecule has 0 aromatic heterocycles. The fourth-order valence-corrected chi connectivity index (χ4v) is 3.35. The molecule has 0 aliphatic heterocycles. The van der Waals surface area contributed by atoms with Crippen LogP contribution in [-0.4, -0.2) is 17.0 Å². The summed E-state index contributed by atoms with van der Waals surface area (Å²) in [6.07, 6.45) is -0.0876.